The van der Waals surface area contributed by atoms with Crippen LogP contribution in [0.4, 0.5) is 11.4 Å². The Hall–Kier alpha value is -4.36. The average Bonchev–Trinajstić information content (AvgIpc) is 2.82. The summed E-state index contributed by atoms with van der Waals surface area (Å²) in [6.45, 7) is 1.61. The smallest absolute Gasteiger partial charge is 0.310 e. The quantitative estimate of drug-likeness (QED) is 0.263. The predicted octanol–water partition coefficient (Wildman–Crippen LogP) is 5.70. The number of benzene rings is 4. The lowest BCUT2D eigenvalue weighted by Crippen LogP contribution is -2.22. The van der Waals surface area contributed by atoms with E-state index in [2.05, 4.69) is 40.3 Å². The van der Waals surface area contributed by atoms with Gasteiger partial charge >= 0.3 is 4.87 Å². The van der Waals surface area contributed by atoms with E-state index >= 15 is 0 Å². The van der Waals surface area contributed by atoms with Gasteiger partial charge in [-0.25, -0.2) is 0 Å². The molecule has 2 N–H and O–H groups in total. The van der Waals surface area contributed by atoms with Gasteiger partial charge in [0.1, 0.15) is 5.56 Å². The Bertz CT molecular complexity index is 1680. The maximum absolute atomic E-state index is 12.2. The highest BCUT2D eigenvalue weighted by Gasteiger charge is 2.13. The van der Waals surface area contributed by atoms with E-state index in [1.807, 2.05) is 48.7 Å². The summed E-state index contributed by atoms with van der Waals surface area (Å²) in [4.78, 5) is 34.5. The Morgan fingerprint density at radius 1 is 0.882 bits per heavy atom. The molecule has 0 unspecified atom stereocenters. The van der Waals surface area contributed by atoms with Crippen molar-refractivity contribution >= 4 is 56.2 Å². The molecule has 0 saturated heterocycles. The molecule has 0 spiro atoms. The van der Waals surface area contributed by atoms with Crippen LogP contribution in [0.15, 0.2) is 98.4 Å². The maximum atomic E-state index is 12.2. The number of fused-ring (bicyclic) bond motifs is 2. The first-order chi connectivity index (χ1) is 16.5. The van der Waals surface area contributed by atoms with E-state index < -0.39 is 10.4 Å². The Labute approximate surface area is 198 Å². The minimum Gasteiger partial charge on any atom is -0.499 e. The molecule has 7 heteroatoms. The third-order valence-corrected chi connectivity index (χ3v) is 6.21. The SMILES string of the molecule is CC(=Nc1ccccc1N=Cc1c2ccccc2cc2ccccc12)c1c(O)sc(=O)[nH]c1=O. The molecule has 1 heterocycles. The second kappa shape index (κ2) is 8.88. The molecule has 0 saturated carbocycles. The molecule has 0 amide bonds. The second-order valence-electron chi connectivity index (χ2n) is 7.70. The van der Waals surface area contributed by atoms with Gasteiger partial charge in [-0.2, -0.15) is 0 Å². The van der Waals surface area contributed by atoms with Crippen LogP contribution >= 0.6 is 11.3 Å². The van der Waals surface area contributed by atoms with Crippen molar-refractivity contribution in [2.24, 2.45) is 9.98 Å². The molecule has 0 aliphatic rings. The minimum absolute atomic E-state index is 0.0246. The number of aromatic hydroxyl groups is 1. The summed E-state index contributed by atoms with van der Waals surface area (Å²) in [6.07, 6.45) is 1.84. The number of H-pyrrole nitrogens is 1. The minimum atomic E-state index is -0.675. The molecule has 0 aliphatic heterocycles. The highest BCUT2D eigenvalue weighted by molar-refractivity contribution is 7.11. The van der Waals surface area contributed by atoms with Crippen molar-refractivity contribution in [1.82, 2.24) is 4.98 Å². The maximum Gasteiger partial charge on any atom is 0.310 e. The zero-order valence-corrected chi connectivity index (χ0v) is 19.0. The number of rotatable bonds is 4. The van der Waals surface area contributed by atoms with Crippen LogP contribution < -0.4 is 10.4 Å². The van der Waals surface area contributed by atoms with Crippen molar-refractivity contribution in [1.29, 1.82) is 0 Å². The number of nitrogens with one attached hydrogen (secondary N) is 1. The summed E-state index contributed by atoms with van der Waals surface area (Å²) < 4.78 is 0. The summed E-state index contributed by atoms with van der Waals surface area (Å²) in [6, 6.07) is 25.8. The van der Waals surface area contributed by atoms with Gasteiger partial charge in [-0.05, 0) is 58.0 Å². The van der Waals surface area contributed by atoms with Gasteiger partial charge in [0.15, 0.2) is 5.06 Å². The number of aromatic amines is 1. The predicted molar refractivity (Wildman–Crippen MR) is 140 cm³/mol. The molecule has 0 radical (unpaired) electrons. The number of hydrogen-bond donors (Lipinski definition) is 2. The Balaban J connectivity index is 1.63. The van der Waals surface area contributed by atoms with Crippen LogP contribution in [-0.4, -0.2) is 22.0 Å². The van der Waals surface area contributed by atoms with Gasteiger partial charge in [0.05, 0.1) is 17.1 Å². The molecule has 1 aromatic heterocycles. The third-order valence-electron chi connectivity index (χ3n) is 5.52. The van der Waals surface area contributed by atoms with Crippen LogP contribution in [0.5, 0.6) is 5.06 Å². The van der Waals surface area contributed by atoms with E-state index in [1.165, 1.54) is 0 Å². The molecule has 5 rings (SSSR count). The highest BCUT2D eigenvalue weighted by Crippen LogP contribution is 2.31. The number of para-hydroxylation sites is 2. The van der Waals surface area contributed by atoms with E-state index in [9.17, 15) is 14.7 Å². The van der Waals surface area contributed by atoms with Crippen molar-refractivity contribution < 1.29 is 5.11 Å². The average molecular weight is 466 g/mol. The molecule has 34 heavy (non-hydrogen) atoms. The standard InChI is InChI=1S/C27H19N3O3S/c1-16(24-25(31)30-27(33)34-26(24)32)29-23-13-7-6-12-22(23)28-15-21-19-10-4-2-8-17(19)14-18-9-3-5-11-20(18)21/h2-15,32H,1H3,(H,30,31,33). The van der Waals surface area contributed by atoms with E-state index in [0.717, 1.165) is 27.1 Å². The first kappa shape index (κ1) is 21.5. The zero-order valence-electron chi connectivity index (χ0n) is 18.1. The van der Waals surface area contributed by atoms with Crippen molar-refractivity contribution in [3.05, 3.63) is 110 Å². The number of hydrogen-bond acceptors (Lipinski definition) is 6. The third kappa shape index (κ3) is 4.04. The fraction of sp³-hybridized carbons (Fsp3) is 0.0370. The summed E-state index contributed by atoms with van der Waals surface area (Å²) in [7, 11) is 0. The Morgan fingerprint density at radius 2 is 1.47 bits per heavy atom. The lowest BCUT2D eigenvalue weighted by molar-refractivity contribution is 0.487. The molecular weight excluding hydrogens is 446 g/mol. The van der Waals surface area contributed by atoms with Gasteiger partial charge in [-0.1, -0.05) is 60.7 Å². The summed E-state index contributed by atoms with van der Waals surface area (Å²) in [5, 5.41) is 14.2. The van der Waals surface area contributed by atoms with Crippen LogP contribution in [0.1, 0.15) is 18.1 Å². The van der Waals surface area contributed by atoms with Gasteiger partial charge in [0, 0.05) is 11.8 Å². The van der Waals surface area contributed by atoms with Gasteiger partial charge in [0.25, 0.3) is 5.56 Å². The van der Waals surface area contributed by atoms with E-state index in [0.29, 0.717) is 22.7 Å². The van der Waals surface area contributed by atoms with Crippen LogP contribution in [0.2, 0.25) is 0 Å². The fourth-order valence-electron chi connectivity index (χ4n) is 3.96. The molecule has 0 fully saturated rings. The largest absolute Gasteiger partial charge is 0.499 e. The van der Waals surface area contributed by atoms with Crippen LogP contribution in [0.25, 0.3) is 21.5 Å². The lowest BCUT2D eigenvalue weighted by atomic mass is 9.97. The van der Waals surface area contributed by atoms with Crippen molar-refractivity contribution in [3.63, 3.8) is 0 Å². The molecule has 0 bridgehead atoms. The molecule has 5 aromatic rings. The zero-order chi connectivity index (χ0) is 23.7. The van der Waals surface area contributed by atoms with Crippen molar-refractivity contribution in [2.75, 3.05) is 0 Å². The van der Waals surface area contributed by atoms with Gasteiger partial charge in [0.2, 0.25) is 0 Å². The van der Waals surface area contributed by atoms with Gasteiger partial charge in [-0.15, -0.1) is 0 Å². The van der Waals surface area contributed by atoms with Gasteiger partial charge in [-0.3, -0.25) is 24.6 Å². The summed E-state index contributed by atoms with van der Waals surface area (Å²) >= 11 is 0.560. The molecule has 166 valence electrons. The Kier molecular flexibility index (Phi) is 5.61. The molecule has 0 aliphatic carbocycles. The van der Waals surface area contributed by atoms with Crippen molar-refractivity contribution in [3.8, 4) is 5.06 Å². The summed E-state index contributed by atoms with van der Waals surface area (Å²) in [5.74, 6) is 0. The molecule has 6 nitrogen and oxygen atoms in total. The topological polar surface area (TPSA) is 94.9 Å². The lowest BCUT2D eigenvalue weighted by Gasteiger charge is -2.08. The highest BCUT2D eigenvalue weighted by atomic mass is 32.1. The summed E-state index contributed by atoms with van der Waals surface area (Å²) in [5.41, 5.74) is 1.74. The number of aliphatic imine (C=N–C) groups is 2. The van der Waals surface area contributed by atoms with Crippen LogP contribution in [0.3, 0.4) is 0 Å². The monoisotopic (exact) mass is 465 g/mol. The molecule has 4 aromatic carbocycles. The second-order valence-corrected chi connectivity index (χ2v) is 8.66. The fourth-order valence-corrected chi connectivity index (χ4v) is 4.62. The number of aromatic nitrogens is 1. The van der Waals surface area contributed by atoms with Crippen LogP contribution in [0, 0.1) is 0 Å². The van der Waals surface area contributed by atoms with Gasteiger partial charge < -0.3 is 5.11 Å². The van der Waals surface area contributed by atoms with E-state index in [4.69, 9.17) is 4.99 Å². The molecule has 0 atom stereocenters. The normalized spacial score (nSPS) is 12.1. The first-order valence-corrected chi connectivity index (χ1v) is 11.4. The van der Waals surface area contributed by atoms with Crippen molar-refractivity contribution in [2.45, 2.75) is 6.92 Å². The van der Waals surface area contributed by atoms with E-state index in [1.54, 1.807) is 13.0 Å². The first-order valence-electron chi connectivity index (χ1n) is 10.6. The van der Waals surface area contributed by atoms with E-state index in [-0.39, 0.29) is 16.3 Å². The van der Waals surface area contributed by atoms with Crippen LogP contribution in [-0.2, 0) is 0 Å². The Morgan fingerprint density at radius 3 is 2.12 bits per heavy atom. The molecular formula is C27H19N3O3S. The number of nitrogens with zero attached hydrogens (tertiary/aromatic N) is 2.